The van der Waals surface area contributed by atoms with E-state index in [2.05, 4.69) is 10.6 Å². The van der Waals surface area contributed by atoms with Crippen LogP contribution in [0, 0.1) is 0 Å². The third kappa shape index (κ3) is 7.40. The summed E-state index contributed by atoms with van der Waals surface area (Å²) in [5.74, 6) is -0.329. The van der Waals surface area contributed by atoms with Gasteiger partial charge in [-0.15, -0.1) is 0 Å². The molecule has 2 N–H and O–H groups in total. The number of ether oxygens (including phenoxy) is 2. The van der Waals surface area contributed by atoms with Gasteiger partial charge in [0, 0.05) is 18.8 Å². The van der Waals surface area contributed by atoms with Crippen molar-refractivity contribution in [3.8, 4) is 0 Å². The maximum atomic E-state index is 11.7. The predicted molar refractivity (Wildman–Crippen MR) is 104 cm³/mol. The monoisotopic (exact) mass is 364 g/mol. The van der Waals surface area contributed by atoms with Crippen molar-refractivity contribution in [3.05, 3.63) is 29.8 Å². The van der Waals surface area contributed by atoms with Gasteiger partial charge >= 0.3 is 5.97 Å². The van der Waals surface area contributed by atoms with Crippen LogP contribution in [0.5, 0.6) is 0 Å². The Morgan fingerprint density at radius 1 is 1.28 bits per heavy atom. The van der Waals surface area contributed by atoms with E-state index in [0.29, 0.717) is 23.4 Å². The Kier molecular flexibility index (Phi) is 8.69. The molecule has 5 nitrogen and oxygen atoms in total. The van der Waals surface area contributed by atoms with E-state index in [-0.39, 0.29) is 5.97 Å². The topological polar surface area (TPSA) is 59.6 Å². The van der Waals surface area contributed by atoms with Gasteiger partial charge in [-0.05, 0) is 56.6 Å². The van der Waals surface area contributed by atoms with Crippen molar-refractivity contribution in [3.63, 3.8) is 0 Å². The molecule has 0 unspecified atom stereocenters. The molecule has 1 saturated carbocycles. The van der Waals surface area contributed by atoms with E-state index in [9.17, 15) is 4.79 Å². The number of hydrogen-bond acceptors (Lipinski definition) is 4. The van der Waals surface area contributed by atoms with Gasteiger partial charge in [0.25, 0.3) is 0 Å². The number of thiocarbonyl (C=S) groups is 1. The first-order valence-corrected chi connectivity index (χ1v) is 9.53. The van der Waals surface area contributed by atoms with Gasteiger partial charge in [-0.1, -0.05) is 25.3 Å². The molecule has 0 aromatic heterocycles. The molecule has 0 amide bonds. The summed E-state index contributed by atoms with van der Waals surface area (Å²) in [5, 5.41) is 6.80. The van der Waals surface area contributed by atoms with Crippen LogP contribution in [0.15, 0.2) is 24.3 Å². The lowest BCUT2D eigenvalue weighted by atomic mass is 9.98. The molecule has 1 aromatic carbocycles. The van der Waals surface area contributed by atoms with Crippen LogP contribution in [0.4, 0.5) is 5.69 Å². The van der Waals surface area contributed by atoms with Crippen LogP contribution >= 0.6 is 12.2 Å². The normalized spacial score (nSPS) is 14.8. The van der Waals surface area contributed by atoms with E-state index in [1.807, 2.05) is 6.07 Å². The van der Waals surface area contributed by atoms with Crippen LogP contribution in [0.1, 0.15) is 55.8 Å². The number of carbonyl (C=O) groups excluding carboxylic acids is 1. The van der Waals surface area contributed by atoms with Crippen LogP contribution < -0.4 is 10.6 Å². The van der Waals surface area contributed by atoms with Gasteiger partial charge in [-0.25, -0.2) is 4.79 Å². The zero-order valence-corrected chi connectivity index (χ0v) is 15.7. The van der Waals surface area contributed by atoms with Crippen molar-refractivity contribution in [1.82, 2.24) is 5.32 Å². The standard InChI is InChI=1S/C19H28N2O3S/c1-2-23-18(22)15-8-6-9-16(14-15)21-19(25)20-12-7-13-24-17-10-4-3-5-11-17/h6,8-9,14,17H,2-5,7,10-13H2,1H3,(H2,20,21,25). The molecule has 1 fully saturated rings. The van der Waals surface area contributed by atoms with E-state index < -0.39 is 0 Å². The number of anilines is 1. The molecule has 25 heavy (non-hydrogen) atoms. The van der Waals surface area contributed by atoms with E-state index in [4.69, 9.17) is 21.7 Å². The summed E-state index contributed by atoms with van der Waals surface area (Å²) >= 11 is 5.29. The Balaban J connectivity index is 1.64. The average Bonchev–Trinajstić information content (AvgIpc) is 2.63. The Bertz CT molecular complexity index is 559. The largest absolute Gasteiger partial charge is 0.462 e. The third-order valence-corrected chi connectivity index (χ3v) is 4.39. The van der Waals surface area contributed by atoms with Crippen LogP contribution in [-0.2, 0) is 9.47 Å². The first-order chi connectivity index (χ1) is 12.2. The maximum Gasteiger partial charge on any atom is 0.338 e. The highest BCUT2D eigenvalue weighted by Crippen LogP contribution is 2.20. The Morgan fingerprint density at radius 3 is 2.84 bits per heavy atom. The van der Waals surface area contributed by atoms with Crippen molar-refractivity contribution in [2.24, 2.45) is 0 Å². The van der Waals surface area contributed by atoms with Crippen molar-refractivity contribution in [1.29, 1.82) is 0 Å². The molecule has 0 heterocycles. The summed E-state index contributed by atoms with van der Waals surface area (Å²) in [7, 11) is 0. The van der Waals surface area contributed by atoms with Gasteiger partial charge in [-0.2, -0.15) is 0 Å². The zero-order chi connectivity index (χ0) is 17.9. The van der Waals surface area contributed by atoms with E-state index in [1.54, 1.807) is 25.1 Å². The van der Waals surface area contributed by atoms with Gasteiger partial charge in [0.2, 0.25) is 0 Å². The summed E-state index contributed by atoms with van der Waals surface area (Å²) < 4.78 is 10.9. The number of carbonyl (C=O) groups is 1. The molecule has 2 rings (SSSR count). The van der Waals surface area contributed by atoms with Gasteiger partial charge in [0.1, 0.15) is 0 Å². The second kappa shape index (κ2) is 11.1. The van der Waals surface area contributed by atoms with Gasteiger partial charge in [0.15, 0.2) is 5.11 Å². The van der Waals surface area contributed by atoms with E-state index >= 15 is 0 Å². The van der Waals surface area contributed by atoms with Gasteiger partial charge < -0.3 is 20.1 Å². The number of nitrogens with one attached hydrogen (secondary N) is 2. The minimum Gasteiger partial charge on any atom is -0.462 e. The lowest BCUT2D eigenvalue weighted by Crippen LogP contribution is -2.30. The number of hydrogen-bond donors (Lipinski definition) is 2. The van der Waals surface area contributed by atoms with Crippen molar-refractivity contribution in [2.75, 3.05) is 25.1 Å². The molecular weight excluding hydrogens is 336 g/mol. The van der Waals surface area contributed by atoms with Crippen molar-refractivity contribution < 1.29 is 14.3 Å². The predicted octanol–water partition coefficient (Wildman–Crippen LogP) is 3.89. The summed E-state index contributed by atoms with van der Waals surface area (Å²) in [6, 6.07) is 7.12. The highest BCUT2D eigenvalue weighted by atomic mass is 32.1. The number of rotatable bonds is 8. The molecule has 0 atom stereocenters. The lowest BCUT2D eigenvalue weighted by Gasteiger charge is -2.22. The fraction of sp³-hybridized carbons (Fsp3) is 0.579. The Labute approximate surface area is 155 Å². The Morgan fingerprint density at radius 2 is 2.08 bits per heavy atom. The first kappa shape index (κ1) is 19.7. The minimum absolute atomic E-state index is 0.329. The van der Waals surface area contributed by atoms with Crippen LogP contribution in [0.3, 0.4) is 0 Å². The quantitative estimate of drug-likeness (QED) is 0.415. The van der Waals surface area contributed by atoms with Crippen LogP contribution in [-0.4, -0.2) is 36.9 Å². The molecule has 1 aliphatic rings. The van der Waals surface area contributed by atoms with Crippen LogP contribution in [0.25, 0.3) is 0 Å². The summed E-state index contributed by atoms with van der Waals surface area (Å²) in [5.41, 5.74) is 1.28. The number of esters is 1. The summed E-state index contributed by atoms with van der Waals surface area (Å²) in [6.07, 6.45) is 7.70. The van der Waals surface area contributed by atoms with Crippen molar-refractivity contribution in [2.45, 2.75) is 51.6 Å². The number of benzene rings is 1. The first-order valence-electron chi connectivity index (χ1n) is 9.12. The second-order valence-electron chi connectivity index (χ2n) is 6.17. The third-order valence-electron chi connectivity index (χ3n) is 4.14. The van der Waals surface area contributed by atoms with Gasteiger partial charge in [-0.3, -0.25) is 0 Å². The molecule has 6 heteroatoms. The second-order valence-corrected chi connectivity index (χ2v) is 6.57. The molecule has 0 aliphatic heterocycles. The van der Waals surface area contributed by atoms with Gasteiger partial charge in [0.05, 0.1) is 18.3 Å². The molecule has 0 saturated heterocycles. The minimum atomic E-state index is -0.329. The Hall–Kier alpha value is -1.66. The lowest BCUT2D eigenvalue weighted by molar-refractivity contribution is 0.0277. The molecule has 1 aliphatic carbocycles. The highest BCUT2D eigenvalue weighted by Gasteiger charge is 2.13. The zero-order valence-electron chi connectivity index (χ0n) is 14.9. The average molecular weight is 365 g/mol. The molecule has 0 bridgehead atoms. The summed E-state index contributed by atoms with van der Waals surface area (Å²) in [4.78, 5) is 11.7. The molecule has 0 spiro atoms. The SMILES string of the molecule is CCOC(=O)c1cccc(NC(=S)NCCCOC2CCCCC2)c1. The van der Waals surface area contributed by atoms with Crippen LogP contribution in [0.2, 0.25) is 0 Å². The molecule has 0 radical (unpaired) electrons. The fourth-order valence-electron chi connectivity index (χ4n) is 2.87. The molecule has 138 valence electrons. The molecular formula is C19H28N2O3S. The molecule has 1 aromatic rings. The van der Waals surface area contributed by atoms with Crippen molar-refractivity contribution >= 4 is 29.0 Å². The van der Waals surface area contributed by atoms with E-state index in [1.165, 1.54) is 32.1 Å². The summed E-state index contributed by atoms with van der Waals surface area (Å²) in [6.45, 7) is 3.67. The highest BCUT2D eigenvalue weighted by molar-refractivity contribution is 7.80. The smallest absolute Gasteiger partial charge is 0.338 e. The fourth-order valence-corrected chi connectivity index (χ4v) is 3.09. The van der Waals surface area contributed by atoms with E-state index in [0.717, 1.165) is 25.3 Å². The maximum absolute atomic E-state index is 11.7.